The molecule has 0 fully saturated rings. The molecule has 23 heavy (non-hydrogen) atoms. The van der Waals surface area contributed by atoms with Crippen LogP contribution in [0.4, 0.5) is 4.79 Å². The highest BCUT2D eigenvalue weighted by molar-refractivity contribution is 7.07. The number of carbonyl (C=O) groups excluding carboxylic acids is 1. The number of hydrogen-bond donors (Lipinski definition) is 3. The molecule has 2 amide bonds. The van der Waals surface area contributed by atoms with Gasteiger partial charge in [-0.05, 0) is 44.8 Å². The van der Waals surface area contributed by atoms with Crippen molar-refractivity contribution in [3.8, 4) is 0 Å². The number of aliphatic hydroxyl groups is 1. The second kappa shape index (κ2) is 7.26. The lowest BCUT2D eigenvalue weighted by molar-refractivity contribution is 0.173. The van der Waals surface area contributed by atoms with Crippen LogP contribution < -0.4 is 10.6 Å². The molecule has 1 aromatic heterocycles. The highest BCUT2D eigenvalue weighted by Crippen LogP contribution is 2.16. The Balaban J connectivity index is 1.50. The third-order valence-corrected chi connectivity index (χ3v) is 4.35. The number of hydrogen-bond acceptors (Lipinski definition) is 3. The van der Waals surface area contributed by atoms with Gasteiger partial charge in [0.15, 0.2) is 0 Å². The fourth-order valence-electron chi connectivity index (χ4n) is 2.37. The molecular weight excluding hydrogens is 308 g/mol. The zero-order valence-electron chi connectivity index (χ0n) is 12.5. The van der Waals surface area contributed by atoms with Gasteiger partial charge in [-0.2, -0.15) is 11.3 Å². The molecule has 1 heterocycles. The van der Waals surface area contributed by atoms with Crippen molar-refractivity contribution < 1.29 is 9.90 Å². The summed E-state index contributed by atoms with van der Waals surface area (Å²) in [5.41, 5.74) is 1.86. The predicted octanol–water partition coefficient (Wildman–Crippen LogP) is 3.43. The summed E-state index contributed by atoms with van der Waals surface area (Å²) < 4.78 is 0. The van der Waals surface area contributed by atoms with Crippen LogP contribution in [-0.4, -0.2) is 17.7 Å². The molecular formula is C18H18N2O2S. The first kappa shape index (κ1) is 15.5. The van der Waals surface area contributed by atoms with Crippen molar-refractivity contribution in [3.05, 3.63) is 70.4 Å². The maximum Gasteiger partial charge on any atom is 0.315 e. The fourth-order valence-corrected chi connectivity index (χ4v) is 3.07. The summed E-state index contributed by atoms with van der Waals surface area (Å²) >= 11 is 1.52. The Labute approximate surface area is 138 Å². The maximum atomic E-state index is 11.8. The Hall–Kier alpha value is -2.37. The van der Waals surface area contributed by atoms with Crippen molar-refractivity contribution in [3.63, 3.8) is 0 Å². The normalized spacial score (nSPS) is 12.0. The van der Waals surface area contributed by atoms with Gasteiger partial charge < -0.3 is 15.7 Å². The summed E-state index contributed by atoms with van der Waals surface area (Å²) in [5.74, 6) is 0. The molecule has 0 aliphatic carbocycles. The lowest BCUT2D eigenvalue weighted by Crippen LogP contribution is -2.37. The van der Waals surface area contributed by atoms with E-state index in [2.05, 4.69) is 28.8 Å². The molecule has 2 aromatic carbocycles. The van der Waals surface area contributed by atoms with E-state index in [0.29, 0.717) is 6.54 Å². The largest absolute Gasteiger partial charge is 0.387 e. The van der Waals surface area contributed by atoms with Crippen LogP contribution in [0.15, 0.2) is 59.3 Å². The molecule has 4 nitrogen and oxygen atoms in total. The van der Waals surface area contributed by atoms with Crippen LogP contribution in [0.25, 0.3) is 10.8 Å². The number of amides is 2. The van der Waals surface area contributed by atoms with Gasteiger partial charge in [-0.3, -0.25) is 0 Å². The maximum absolute atomic E-state index is 11.8. The Morgan fingerprint density at radius 1 is 1.09 bits per heavy atom. The zero-order chi connectivity index (χ0) is 16.1. The number of urea groups is 1. The molecule has 0 spiro atoms. The minimum absolute atomic E-state index is 0.195. The van der Waals surface area contributed by atoms with E-state index in [1.54, 1.807) is 0 Å². The molecule has 0 bridgehead atoms. The lowest BCUT2D eigenvalue weighted by atomic mass is 10.1. The lowest BCUT2D eigenvalue weighted by Gasteiger charge is -2.12. The first-order chi connectivity index (χ1) is 11.2. The van der Waals surface area contributed by atoms with Crippen molar-refractivity contribution in [2.24, 2.45) is 0 Å². The number of carbonyl (C=O) groups is 1. The molecule has 0 saturated heterocycles. The third kappa shape index (κ3) is 4.09. The van der Waals surface area contributed by atoms with Gasteiger partial charge in [0, 0.05) is 13.1 Å². The van der Waals surface area contributed by atoms with E-state index in [4.69, 9.17) is 0 Å². The van der Waals surface area contributed by atoms with E-state index in [1.165, 1.54) is 16.7 Å². The van der Waals surface area contributed by atoms with Crippen LogP contribution in [0.3, 0.4) is 0 Å². The highest BCUT2D eigenvalue weighted by Gasteiger charge is 2.09. The quantitative estimate of drug-likeness (QED) is 0.672. The van der Waals surface area contributed by atoms with E-state index >= 15 is 0 Å². The molecule has 3 aromatic rings. The Kier molecular flexibility index (Phi) is 4.90. The van der Waals surface area contributed by atoms with Gasteiger partial charge in [0.2, 0.25) is 0 Å². The van der Waals surface area contributed by atoms with E-state index in [0.717, 1.165) is 16.5 Å². The molecule has 1 atom stereocenters. The predicted molar refractivity (Wildman–Crippen MR) is 93.5 cm³/mol. The number of thiophene rings is 1. The molecule has 0 aliphatic heterocycles. The first-order valence-corrected chi connectivity index (χ1v) is 8.36. The average molecular weight is 326 g/mol. The summed E-state index contributed by atoms with van der Waals surface area (Å²) in [7, 11) is 0. The summed E-state index contributed by atoms with van der Waals surface area (Å²) in [5, 5.41) is 21.5. The van der Waals surface area contributed by atoms with Crippen molar-refractivity contribution in [1.29, 1.82) is 0 Å². The van der Waals surface area contributed by atoms with Crippen LogP contribution in [0.5, 0.6) is 0 Å². The van der Waals surface area contributed by atoms with Gasteiger partial charge in [0.1, 0.15) is 0 Å². The second-order valence-corrected chi connectivity index (χ2v) is 6.10. The molecule has 1 unspecified atom stereocenters. The van der Waals surface area contributed by atoms with Crippen molar-refractivity contribution in [1.82, 2.24) is 10.6 Å². The van der Waals surface area contributed by atoms with Gasteiger partial charge in [-0.1, -0.05) is 36.4 Å². The fraction of sp³-hybridized carbons (Fsp3) is 0.167. The van der Waals surface area contributed by atoms with Crippen LogP contribution >= 0.6 is 11.3 Å². The van der Waals surface area contributed by atoms with Crippen molar-refractivity contribution in [2.75, 3.05) is 6.54 Å². The number of rotatable bonds is 5. The third-order valence-electron chi connectivity index (χ3n) is 3.65. The van der Waals surface area contributed by atoms with Crippen LogP contribution in [0.2, 0.25) is 0 Å². The van der Waals surface area contributed by atoms with Gasteiger partial charge in [0.25, 0.3) is 0 Å². The number of nitrogens with one attached hydrogen (secondary N) is 2. The number of aliphatic hydroxyl groups excluding tert-OH is 1. The van der Waals surface area contributed by atoms with Gasteiger partial charge in [0.05, 0.1) is 6.10 Å². The molecule has 118 valence electrons. The SMILES string of the molecule is O=C(NCc1ccc2ccccc2c1)NCC(O)c1ccsc1. The Morgan fingerprint density at radius 3 is 2.70 bits per heavy atom. The molecule has 3 N–H and O–H groups in total. The molecule has 0 aliphatic rings. The zero-order valence-corrected chi connectivity index (χ0v) is 13.3. The van der Waals surface area contributed by atoms with Gasteiger partial charge >= 0.3 is 6.03 Å². The van der Waals surface area contributed by atoms with E-state index in [-0.39, 0.29) is 12.6 Å². The van der Waals surface area contributed by atoms with E-state index in [9.17, 15) is 9.90 Å². The molecule has 0 saturated carbocycles. The summed E-state index contributed by atoms with van der Waals surface area (Å²) in [4.78, 5) is 11.8. The Bertz CT molecular complexity index is 787. The second-order valence-electron chi connectivity index (χ2n) is 5.32. The average Bonchev–Trinajstić information content (AvgIpc) is 3.12. The van der Waals surface area contributed by atoms with Gasteiger partial charge in [-0.15, -0.1) is 0 Å². The van der Waals surface area contributed by atoms with Crippen molar-refractivity contribution >= 4 is 28.1 Å². The van der Waals surface area contributed by atoms with Crippen LogP contribution in [-0.2, 0) is 6.54 Å². The van der Waals surface area contributed by atoms with E-state index < -0.39 is 6.10 Å². The molecule has 5 heteroatoms. The summed E-state index contributed by atoms with van der Waals surface area (Å²) in [6.45, 7) is 0.644. The number of benzene rings is 2. The number of fused-ring (bicyclic) bond motifs is 1. The van der Waals surface area contributed by atoms with Crippen LogP contribution in [0, 0.1) is 0 Å². The first-order valence-electron chi connectivity index (χ1n) is 7.42. The van der Waals surface area contributed by atoms with Gasteiger partial charge in [-0.25, -0.2) is 4.79 Å². The van der Waals surface area contributed by atoms with Crippen LogP contribution in [0.1, 0.15) is 17.2 Å². The van der Waals surface area contributed by atoms with E-state index in [1.807, 2.05) is 41.1 Å². The summed E-state index contributed by atoms with van der Waals surface area (Å²) in [6, 6.07) is 15.8. The molecule has 0 radical (unpaired) electrons. The monoisotopic (exact) mass is 326 g/mol. The molecule has 3 rings (SSSR count). The Morgan fingerprint density at radius 2 is 1.91 bits per heavy atom. The topological polar surface area (TPSA) is 61.4 Å². The highest BCUT2D eigenvalue weighted by atomic mass is 32.1. The smallest absolute Gasteiger partial charge is 0.315 e. The van der Waals surface area contributed by atoms with Crippen molar-refractivity contribution in [2.45, 2.75) is 12.6 Å². The minimum atomic E-state index is -0.673. The summed E-state index contributed by atoms with van der Waals surface area (Å²) in [6.07, 6.45) is -0.673. The standard InChI is InChI=1S/C18H18N2O2S/c21-17(16-7-8-23-12-16)11-20-18(22)19-10-13-5-6-14-3-1-2-4-15(14)9-13/h1-9,12,17,21H,10-11H2,(H2,19,20,22). The minimum Gasteiger partial charge on any atom is -0.387 e.